The van der Waals surface area contributed by atoms with Gasteiger partial charge in [0.15, 0.2) is 11.6 Å². The fourth-order valence-electron chi connectivity index (χ4n) is 1.15. The SMILES string of the molecule is CCC(C)CNc1nccc(C(=O)O)c1F. The van der Waals surface area contributed by atoms with Crippen molar-refractivity contribution in [3.8, 4) is 0 Å². The fourth-order valence-corrected chi connectivity index (χ4v) is 1.15. The number of aromatic carboxylic acids is 1. The van der Waals surface area contributed by atoms with E-state index in [1.807, 2.05) is 13.8 Å². The third-order valence-electron chi connectivity index (χ3n) is 2.43. The molecule has 4 nitrogen and oxygen atoms in total. The summed E-state index contributed by atoms with van der Waals surface area (Å²) in [6.07, 6.45) is 2.25. The second kappa shape index (κ2) is 5.44. The number of nitrogens with one attached hydrogen (secondary N) is 1. The first-order chi connectivity index (χ1) is 7.56. The van der Waals surface area contributed by atoms with E-state index in [1.54, 1.807) is 0 Å². The highest BCUT2D eigenvalue weighted by molar-refractivity contribution is 5.88. The third kappa shape index (κ3) is 2.92. The number of hydrogen-bond acceptors (Lipinski definition) is 3. The van der Waals surface area contributed by atoms with Crippen LogP contribution in [0.25, 0.3) is 0 Å². The van der Waals surface area contributed by atoms with Gasteiger partial charge in [-0.2, -0.15) is 0 Å². The normalized spacial score (nSPS) is 12.2. The van der Waals surface area contributed by atoms with Crippen molar-refractivity contribution < 1.29 is 14.3 Å². The van der Waals surface area contributed by atoms with Gasteiger partial charge in [-0.25, -0.2) is 14.2 Å². The summed E-state index contributed by atoms with van der Waals surface area (Å²) < 4.78 is 13.6. The third-order valence-corrected chi connectivity index (χ3v) is 2.43. The van der Waals surface area contributed by atoms with Crippen LogP contribution in [0.1, 0.15) is 30.6 Å². The molecule has 88 valence electrons. The minimum Gasteiger partial charge on any atom is -0.478 e. The summed E-state index contributed by atoms with van der Waals surface area (Å²) in [7, 11) is 0. The first kappa shape index (κ1) is 12.4. The van der Waals surface area contributed by atoms with Gasteiger partial charge in [0.2, 0.25) is 0 Å². The van der Waals surface area contributed by atoms with Crippen LogP contribution in [-0.4, -0.2) is 22.6 Å². The molecule has 2 N–H and O–H groups in total. The highest BCUT2D eigenvalue weighted by Gasteiger charge is 2.14. The molecule has 0 saturated heterocycles. The van der Waals surface area contributed by atoms with Crippen molar-refractivity contribution in [1.29, 1.82) is 0 Å². The minimum atomic E-state index is -1.29. The zero-order valence-electron chi connectivity index (χ0n) is 9.33. The number of carbonyl (C=O) groups is 1. The second-order valence-corrected chi connectivity index (χ2v) is 3.72. The summed E-state index contributed by atoms with van der Waals surface area (Å²) in [5, 5.41) is 11.5. The fraction of sp³-hybridized carbons (Fsp3) is 0.455. The Morgan fingerprint density at radius 1 is 1.69 bits per heavy atom. The van der Waals surface area contributed by atoms with Crippen molar-refractivity contribution in [2.45, 2.75) is 20.3 Å². The maximum absolute atomic E-state index is 13.6. The number of halogens is 1. The van der Waals surface area contributed by atoms with Crippen LogP contribution in [0.4, 0.5) is 10.2 Å². The Morgan fingerprint density at radius 2 is 2.38 bits per heavy atom. The highest BCUT2D eigenvalue weighted by atomic mass is 19.1. The smallest absolute Gasteiger partial charge is 0.338 e. The van der Waals surface area contributed by atoms with Gasteiger partial charge < -0.3 is 10.4 Å². The molecule has 16 heavy (non-hydrogen) atoms. The summed E-state index contributed by atoms with van der Waals surface area (Å²) >= 11 is 0. The van der Waals surface area contributed by atoms with Gasteiger partial charge in [-0.3, -0.25) is 0 Å². The molecule has 5 heteroatoms. The number of hydrogen-bond donors (Lipinski definition) is 2. The number of aromatic nitrogens is 1. The molecule has 0 aliphatic heterocycles. The van der Waals surface area contributed by atoms with Gasteiger partial charge in [0, 0.05) is 12.7 Å². The molecular formula is C11H15FN2O2. The van der Waals surface area contributed by atoms with E-state index in [1.165, 1.54) is 6.20 Å². The molecule has 0 spiro atoms. The number of carboxylic acid groups (broad SMARTS) is 1. The van der Waals surface area contributed by atoms with E-state index < -0.39 is 11.8 Å². The Labute approximate surface area is 93.5 Å². The number of pyridine rings is 1. The van der Waals surface area contributed by atoms with Crippen molar-refractivity contribution in [3.05, 3.63) is 23.6 Å². The van der Waals surface area contributed by atoms with Crippen LogP contribution in [0.5, 0.6) is 0 Å². The molecule has 0 radical (unpaired) electrons. The van der Waals surface area contributed by atoms with Crippen molar-refractivity contribution in [3.63, 3.8) is 0 Å². The minimum absolute atomic E-state index is 0.000185. The average molecular weight is 226 g/mol. The number of rotatable bonds is 5. The molecule has 1 aromatic heterocycles. The predicted octanol–water partition coefficient (Wildman–Crippen LogP) is 2.38. The molecule has 0 fully saturated rings. The van der Waals surface area contributed by atoms with E-state index in [4.69, 9.17) is 5.11 Å². The van der Waals surface area contributed by atoms with E-state index in [-0.39, 0.29) is 11.4 Å². The lowest BCUT2D eigenvalue weighted by molar-refractivity contribution is 0.0692. The first-order valence-electron chi connectivity index (χ1n) is 5.18. The average Bonchev–Trinajstić information content (AvgIpc) is 2.26. The molecule has 0 amide bonds. The molecule has 1 rings (SSSR count). The number of carboxylic acids is 1. The molecule has 0 aliphatic carbocycles. The lowest BCUT2D eigenvalue weighted by Crippen LogP contribution is -2.14. The van der Waals surface area contributed by atoms with Crippen LogP contribution < -0.4 is 5.32 Å². The lowest BCUT2D eigenvalue weighted by Gasteiger charge is -2.11. The topological polar surface area (TPSA) is 62.2 Å². The van der Waals surface area contributed by atoms with E-state index in [2.05, 4.69) is 10.3 Å². The lowest BCUT2D eigenvalue weighted by atomic mass is 10.1. The van der Waals surface area contributed by atoms with Crippen LogP contribution in [0.2, 0.25) is 0 Å². The Kier molecular flexibility index (Phi) is 4.22. The van der Waals surface area contributed by atoms with Crippen molar-refractivity contribution in [2.75, 3.05) is 11.9 Å². The van der Waals surface area contributed by atoms with Gasteiger partial charge in [0.1, 0.15) is 5.56 Å². The molecule has 1 unspecified atom stereocenters. The maximum Gasteiger partial charge on any atom is 0.338 e. The molecule has 0 saturated carbocycles. The van der Waals surface area contributed by atoms with Crippen molar-refractivity contribution >= 4 is 11.8 Å². The Bertz CT molecular complexity index is 382. The first-order valence-corrected chi connectivity index (χ1v) is 5.18. The van der Waals surface area contributed by atoms with Crippen molar-refractivity contribution in [1.82, 2.24) is 4.98 Å². The molecule has 1 aromatic rings. The second-order valence-electron chi connectivity index (χ2n) is 3.72. The van der Waals surface area contributed by atoms with Crippen LogP contribution in [0.3, 0.4) is 0 Å². The predicted molar refractivity (Wildman–Crippen MR) is 59.1 cm³/mol. The van der Waals surface area contributed by atoms with Gasteiger partial charge in [0.25, 0.3) is 0 Å². The summed E-state index contributed by atoms with van der Waals surface area (Å²) in [5.74, 6) is -1.71. The largest absolute Gasteiger partial charge is 0.478 e. The Morgan fingerprint density at radius 3 is 2.94 bits per heavy atom. The zero-order chi connectivity index (χ0) is 12.1. The van der Waals surface area contributed by atoms with E-state index in [0.29, 0.717) is 12.5 Å². The molecular weight excluding hydrogens is 211 g/mol. The summed E-state index contributed by atoms with van der Waals surface area (Å²) in [6.45, 7) is 4.62. The van der Waals surface area contributed by atoms with Crippen LogP contribution >= 0.6 is 0 Å². The van der Waals surface area contributed by atoms with E-state index >= 15 is 0 Å². The summed E-state index contributed by atoms with van der Waals surface area (Å²) in [6, 6.07) is 1.14. The molecule has 1 heterocycles. The van der Waals surface area contributed by atoms with Gasteiger partial charge in [-0.15, -0.1) is 0 Å². The quantitative estimate of drug-likeness (QED) is 0.809. The molecule has 0 bridgehead atoms. The zero-order valence-corrected chi connectivity index (χ0v) is 9.33. The van der Waals surface area contributed by atoms with E-state index in [0.717, 1.165) is 12.5 Å². The standard InChI is InChI=1S/C11H15FN2O2/c1-3-7(2)6-14-10-9(12)8(11(15)16)4-5-13-10/h4-5,7H,3,6H2,1-2H3,(H,13,14)(H,15,16). The van der Waals surface area contributed by atoms with Gasteiger partial charge in [0.05, 0.1) is 0 Å². The van der Waals surface area contributed by atoms with Gasteiger partial charge in [-0.1, -0.05) is 20.3 Å². The van der Waals surface area contributed by atoms with Crippen LogP contribution in [-0.2, 0) is 0 Å². The molecule has 0 aromatic carbocycles. The Balaban J connectivity index is 2.81. The Hall–Kier alpha value is -1.65. The molecule has 1 atom stereocenters. The van der Waals surface area contributed by atoms with Gasteiger partial charge in [-0.05, 0) is 12.0 Å². The van der Waals surface area contributed by atoms with Gasteiger partial charge >= 0.3 is 5.97 Å². The maximum atomic E-state index is 13.6. The van der Waals surface area contributed by atoms with E-state index in [9.17, 15) is 9.18 Å². The number of anilines is 1. The summed E-state index contributed by atoms with van der Waals surface area (Å²) in [5.41, 5.74) is -0.360. The highest BCUT2D eigenvalue weighted by Crippen LogP contribution is 2.15. The van der Waals surface area contributed by atoms with Crippen LogP contribution in [0, 0.1) is 11.7 Å². The van der Waals surface area contributed by atoms with Crippen molar-refractivity contribution in [2.24, 2.45) is 5.92 Å². The molecule has 0 aliphatic rings. The number of nitrogens with zero attached hydrogens (tertiary/aromatic N) is 1. The summed E-state index contributed by atoms with van der Waals surface area (Å²) in [4.78, 5) is 14.5. The van der Waals surface area contributed by atoms with Crippen LogP contribution in [0.15, 0.2) is 12.3 Å². The monoisotopic (exact) mass is 226 g/mol.